The second kappa shape index (κ2) is 7.86. The van der Waals surface area contributed by atoms with E-state index in [9.17, 15) is 9.18 Å². The molecule has 7 heteroatoms. The molecule has 1 N–H and O–H groups in total. The largest absolute Gasteiger partial charge is 0.482 e. The van der Waals surface area contributed by atoms with Gasteiger partial charge in [-0.1, -0.05) is 11.6 Å². The van der Waals surface area contributed by atoms with Crippen molar-refractivity contribution in [3.63, 3.8) is 0 Å². The highest BCUT2D eigenvalue weighted by atomic mass is 35.5. The van der Waals surface area contributed by atoms with Crippen LogP contribution in [0, 0.1) is 5.82 Å². The average Bonchev–Trinajstić information content (AvgIpc) is 2.33. The number of methoxy groups -OCH3 is 1. The van der Waals surface area contributed by atoms with E-state index in [0.717, 1.165) is 6.07 Å². The standard InChI is InChI=1S/C11H13ClFNO4/c1-16-4-5-18-14-11(15)7-17-10-3-2-8(13)6-9(10)12/h2-3,6H,4-5,7H2,1H3,(H,14,15). The van der Waals surface area contributed by atoms with Crippen LogP contribution in [0.5, 0.6) is 5.75 Å². The van der Waals surface area contributed by atoms with Crippen LogP contribution in [0.25, 0.3) is 0 Å². The van der Waals surface area contributed by atoms with E-state index in [-0.39, 0.29) is 24.0 Å². The zero-order valence-electron chi connectivity index (χ0n) is 9.74. The number of nitrogens with one attached hydrogen (secondary N) is 1. The Morgan fingerprint density at radius 3 is 2.89 bits per heavy atom. The van der Waals surface area contributed by atoms with Crippen LogP contribution in [-0.4, -0.2) is 32.8 Å². The molecule has 0 aromatic heterocycles. The highest BCUT2D eigenvalue weighted by molar-refractivity contribution is 6.32. The van der Waals surface area contributed by atoms with Crippen molar-refractivity contribution in [1.29, 1.82) is 0 Å². The molecule has 0 aliphatic heterocycles. The summed E-state index contributed by atoms with van der Waals surface area (Å²) in [6.07, 6.45) is 0. The first-order valence-corrected chi connectivity index (χ1v) is 5.48. The minimum atomic E-state index is -0.480. The second-order valence-electron chi connectivity index (χ2n) is 3.23. The Morgan fingerprint density at radius 1 is 1.44 bits per heavy atom. The average molecular weight is 278 g/mol. The molecule has 0 aliphatic carbocycles. The molecule has 0 unspecified atom stereocenters. The van der Waals surface area contributed by atoms with Crippen LogP contribution in [-0.2, 0) is 14.4 Å². The summed E-state index contributed by atoms with van der Waals surface area (Å²) in [7, 11) is 1.52. The molecule has 0 radical (unpaired) electrons. The fourth-order valence-corrected chi connectivity index (χ4v) is 1.24. The van der Waals surface area contributed by atoms with E-state index in [0.29, 0.717) is 6.61 Å². The lowest BCUT2D eigenvalue weighted by molar-refractivity contribution is -0.136. The molecular weight excluding hydrogens is 265 g/mol. The van der Waals surface area contributed by atoms with Crippen LogP contribution < -0.4 is 10.2 Å². The van der Waals surface area contributed by atoms with E-state index in [2.05, 4.69) is 5.48 Å². The van der Waals surface area contributed by atoms with Gasteiger partial charge in [-0.25, -0.2) is 9.87 Å². The van der Waals surface area contributed by atoms with Gasteiger partial charge < -0.3 is 9.47 Å². The van der Waals surface area contributed by atoms with Crippen molar-refractivity contribution in [3.05, 3.63) is 29.0 Å². The lowest BCUT2D eigenvalue weighted by Crippen LogP contribution is -2.30. The van der Waals surface area contributed by atoms with Crippen LogP contribution in [0.4, 0.5) is 4.39 Å². The van der Waals surface area contributed by atoms with Crippen molar-refractivity contribution < 1.29 is 23.5 Å². The van der Waals surface area contributed by atoms with Gasteiger partial charge in [-0.2, -0.15) is 0 Å². The maximum absolute atomic E-state index is 12.7. The third kappa shape index (κ3) is 5.31. The molecule has 0 saturated carbocycles. The molecule has 1 amide bonds. The Labute approximate surface area is 109 Å². The van der Waals surface area contributed by atoms with Crippen molar-refractivity contribution in [2.45, 2.75) is 0 Å². The predicted octanol–water partition coefficient (Wildman–Crippen LogP) is 1.55. The van der Waals surface area contributed by atoms with Crippen LogP contribution in [0.3, 0.4) is 0 Å². The fourth-order valence-electron chi connectivity index (χ4n) is 1.02. The number of carbonyl (C=O) groups excluding carboxylic acids is 1. The molecule has 1 rings (SSSR count). The normalized spacial score (nSPS) is 10.2. The molecule has 0 bridgehead atoms. The highest BCUT2D eigenvalue weighted by Gasteiger charge is 2.06. The number of carbonyl (C=O) groups is 1. The Hall–Kier alpha value is -1.37. The van der Waals surface area contributed by atoms with E-state index in [1.807, 2.05) is 0 Å². The van der Waals surface area contributed by atoms with Gasteiger partial charge in [0.25, 0.3) is 5.91 Å². The van der Waals surface area contributed by atoms with Crippen LogP contribution in [0.1, 0.15) is 0 Å². The molecule has 18 heavy (non-hydrogen) atoms. The van der Waals surface area contributed by atoms with Crippen molar-refractivity contribution in [1.82, 2.24) is 5.48 Å². The van der Waals surface area contributed by atoms with Gasteiger partial charge in [0.05, 0.1) is 18.2 Å². The van der Waals surface area contributed by atoms with Crippen LogP contribution in [0.15, 0.2) is 18.2 Å². The zero-order chi connectivity index (χ0) is 13.4. The molecule has 0 atom stereocenters. The number of hydroxylamine groups is 1. The van der Waals surface area contributed by atoms with Gasteiger partial charge >= 0.3 is 0 Å². The molecule has 0 heterocycles. The molecule has 1 aromatic rings. The van der Waals surface area contributed by atoms with Crippen LogP contribution >= 0.6 is 11.6 Å². The minimum absolute atomic E-state index is 0.100. The summed E-state index contributed by atoms with van der Waals surface area (Å²) in [5.41, 5.74) is 2.16. The number of hydrogen-bond acceptors (Lipinski definition) is 4. The van der Waals surface area contributed by atoms with Gasteiger partial charge in [0, 0.05) is 7.11 Å². The predicted molar refractivity (Wildman–Crippen MR) is 62.9 cm³/mol. The number of ether oxygens (including phenoxy) is 2. The van der Waals surface area contributed by atoms with Gasteiger partial charge in [0.2, 0.25) is 0 Å². The second-order valence-corrected chi connectivity index (χ2v) is 3.64. The van der Waals surface area contributed by atoms with E-state index < -0.39 is 11.7 Å². The Kier molecular flexibility index (Phi) is 6.42. The lowest BCUT2D eigenvalue weighted by atomic mass is 10.3. The smallest absolute Gasteiger partial charge is 0.281 e. The van der Waals surface area contributed by atoms with Gasteiger partial charge in [0.15, 0.2) is 6.61 Å². The lowest BCUT2D eigenvalue weighted by Gasteiger charge is -2.08. The molecule has 0 saturated heterocycles. The molecule has 0 spiro atoms. The Balaban J connectivity index is 2.29. The van der Waals surface area contributed by atoms with Crippen LogP contribution in [0.2, 0.25) is 5.02 Å². The quantitative estimate of drug-likeness (QED) is 0.607. The SMILES string of the molecule is COCCONC(=O)COc1ccc(F)cc1Cl. The van der Waals surface area contributed by atoms with E-state index >= 15 is 0 Å². The zero-order valence-corrected chi connectivity index (χ0v) is 10.5. The maximum atomic E-state index is 12.7. The number of amides is 1. The summed E-state index contributed by atoms with van der Waals surface area (Å²) in [6.45, 7) is 0.322. The number of hydrogen-bond donors (Lipinski definition) is 1. The molecule has 100 valence electrons. The van der Waals surface area contributed by atoms with Crippen molar-refractivity contribution >= 4 is 17.5 Å². The van der Waals surface area contributed by atoms with Gasteiger partial charge in [-0.15, -0.1) is 0 Å². The number of benzene rings is 1. The van der Waals surface area contributed by atoms with Gasteiger partial charge in [0.1, 0.15) is 11.6 Å². The van der Waals surface area contributed by atoms with E-state index in [1.165, 1.54) is 19.2 Å². The van der Waals surface area contributed by atoms with E-state index in [1.54, 1.807) is 0 Å². The first-order valence-electron chi connectivity index (χ1n) is 5.11. The third-order valence-electron chi connectivity index (χ3n) is 1.83. The Bertz CT molecular complexity index is 403. The highest BCUT2D eigenvalue weighted by Crippen LogP contribution is 2.24. The van der Waals surface area contributed by atoms with Crippen molar-refractivity contribution in [2.24, 2.45) is 0 Å². The molecule has 0 aliphatic rings. The number of halogens is 2. The summed E-state index contributed by atoms with van der Waals surface area (Å²) in [4.78, 5) is 16.0. The van der Waals surface area contributed by atoms with Gasteiger partial charge in [-0.3, -0.25) is 9.63 Å². The van der Waals surface area contributed by atoms with Crippen molar-refractivity contribution in [3.8, 4) is 5.75 Å². The fraction of sp³-hybridized carbons (Fsp3) is 0.364. The molecule has 1 aromatic carbocycles. The van der Waals surface area contributed by atoms with Crippen molar-refractivity contribution in [2.75, 3.05) is 26.9 Å². The summed E-state index contributed by atoms with van der Waals surface area (Å²) >= 11 is 5.71. The first-order chi connectivity index (χ1) is 8.63. The number of rotatable bonds is 7. The Morgan fingerprint density at radius 2 is 2.22 bits per heavy atom. The third-order valence-corrected chi connectivity index (χ3v) is 2.12. The monoisotopic (exact) mass is 277 g/mol. The minimum Gasteiger partial charge on any atom is -0.482 e. The maximum Gasteiger partial charge on any atom is 0.281 e. The molecular formula is C11H13ClFNO4. The first kappa shape index (κ1) is 14.7. The summed E-state index contributed by atoms with van der Waals surface area (Å²) in [5.74, 6) is -0.726. The molecule has 5 nitrogen and oxygen atoms in total. The van der Waals surface area contributed by atoms with Gasteiger partial charge in [-0.05, 0) is 18.2 Å². The summed E-state index contributed by atoms with van der Waals surface area (Å²) in [6, 6.07) is 3.63. The topological polar surface area (TPSA) is 56.8 Å². The summed E-state index contributed by atoms with van der Waals surface area (Å²) in [5, 5.41) is 0.100. The van der Waals surface area contributed by atoms with E-state index in [4.69, 9.17) is 25.9 Å². The summed E-state index contributed by atoms with van der Waals surface area (Å²) < 4.78 is 22.5. The molecule has 0 fully saturated rings.